The van der Waals surface area contributed by atoms with Gasteiger partial charge in [-0.3, -0.25) is 0 Å². The van der Waals surface area contributed by atoms with Crippen molar-refractivity contribution in [1.82, 2.24) is 0 Å². The molecule has 0 spiro atoms. The van der Waals surface area contributed by atoms with E-state index in [0.717, 1.165) is 22.1 Å². The lowest BCUT2D eigenvalue weighted by molar-refractivity contribution is 0.419. The van der Waals surface area contributed by atoms with Crippen LogP contribution in [0.15, 0.2) is 30.3 Å². The maximum absolute atomic E-state index is 9.72. The van der Waals surface area contributed by atoms with E-state index in [1.165, 1.54) is 0 Å². The number of hydrogen-bond donors (Lipinski definition) is 1. The van der Waals surface area contributed by atoms with E-state index >= 15 is 0 Å². The van der Waals surface area contributed by atoms with Gasteiger partial charge in [0.25, 0.3) is 0 Å². The van der Waals surface area contributed by atoms with Crippen molar-refractivity contribution in [2.24, 2.45) is 0 Å². The fourth-order valence-electron chi connectivity index (χ4n) is 1.66. The number of methoxy groups -OCH3 is 1. The Morgan fingerprint density at radius 1 is 1.14 bits per heavy atom. The highest BCUT2D eigenvalue weighted by Crippen LogP contribution is 2.32. The van der Waals surface area contributed by atoms with Crippen molar-refractivity contribution in [3.05, 3.63) is 35.9 Å². The van der Waals surface area contributed by atoms with E-state index in [2.05, 4.69) is 0 Å². The molecule has 0 saturated heterocycles. The average Bonchev–Trinajstić information content (AvgIpc) is 2.17. The van der Waals surface area contributed by atoms with Gasteiger partial charge in [0, 0.05) is 10.8 Å². The van der Waals surface area contributed by atoms with Gasteiger partial charge < -0.3 is 9.84 Å². The normalized spacial score (nSPS) is 10.4. The highest BCUT2D eigenvalue weighted by Gasteiger charge is 2.04. The van der Waals surface area contributed by atoms with Gasteiger partial charge in [-0.15, -0.1) is 0 Å². The Labute approximate surface area is 82.8 Å². The summed E-state index contributed by atoms with van der Waals surface area (Å²) in [5.41, 5.74) is 1.03. The van der Waals surface area contributed by atoms with Gasteiger partial charge in [-0.1, -0.05) is 12.1 Å². The predicted octanol–water partition coefficient (Wildman–Crippen LogP) is 2.86. The number of benzene rings is 2. The highest BCUT2D eigenvalue weighted by atomic mass is 16.5. The lowest BCUT2D eigenvalue weighted by Gasteiger charge is -2.07. The Morgan fingerprint density at radius 2 is 1.93 bits per heavy atom. The zero-order chi connectivity index (χ0) is 10.1. The highest BCUT2D eigenvalue weighted by molar-refractivity contribution is 5.93. The summed E-state index contributed by atoms with van der Waals surface area (Å²) in [5.74, 6) is 1.10. The monoisotopic (exact) mass is 188 g/mol. The lowest BCUT2D eigenvalue weighted by Crippen LogP contribution is -1.85. The van der Waals surface area contributed by atoms with Crippen molar-refractivity contribution < 1.29 is 9.84 Å². The lowest BCUT2D eigenvalue weighted by atomic mass is 10.1. The van der Waals surface area contributed by atoms with E-state index in [1.54, 1.807) is 13.2 Å². The van der Waals surface area contributed by atoms with Crippen LogP contribution in [-0.2, 0) is 0 Å². The van der Waals surface area contributed by atoms with Crippen molar-refractivity contribution in [1.29, 1.82) is 0 Å². The average molecular weight is 188 g/mol. The Balaban J connectivity index is 2.86. The van der Waals surface area contributed by atoms with Crippen LogP contribution in [0, 0.1) is 6.92 Å². The van der Waals surface area contributed by atoms with Gasteiger partial charge in [-0.25, -0.2) is 0 Å². The topological polar surface area (TPSA) is 29.5 Å². The van der Waals surface area contributed by atoms with E-state index in [1.807, 2.05) is 31.2 Å². The van der Waals surface area contributed by atoms with Gasteiger partial charge in [-0.2, -0.15) is 0 Å². The van der Waals surface area contributed by atoms with Gasteiger partial charge in [0.05, 0.1) is 7.11 Å². The van der Waals surface area contributed by atoms with Crippen LogP contribution in [0.1, 0.15) is 5.56 Å². The number of phenols is 1. The summed E-state index contributed by atoms with van der Waals surface area (Å²) >= 11 is 0. The molecule has 0 amide bonds. The van der Waals surface area contributed by atoms with E-state index in [0.29, 0.717) is 5.75 Å². The molecule has 2 heteroatoms. The smallest absolute Gasteiger partial charge is 0.126 e. The van der Waals surface area contributed by atoms with E-state index in [4.69, 9.17) is 4.74 Å². The van der Waals surface area contributed by atoms with Crippen molar-refractivity contribution in [2.75, 3.05) is 7.11 Å². The molecule has 0 fully saturated rings. The minimum absolute atomic E-state index is 0.305. The molecule has 72 valence electrons. The molecule has 0 aliphatic heterocycles. The van der Waals surface area contributed by atoms with Crippen molar-refractivity contribution >= 4 is 10.8 Å². The third kappa shape index (κ3) is 1.29. The second-order valence-electron chi connectivity index (χ2n) is 3.34. The number of aryl methyl sites for hydroxylation is 1. The molecule has 2 nitrogen and oxygen atoms in total. The van der Waals surface area contributed by atoms with Crippen molar-refractivity contribution in [2.45, 2.75) is 6.92 Å². The van der Waals surface area contributed by atoms with Crippen LogP contribution in [0.25, 0.3) is 10.8 Å². The first-order valence-corrected chi connectivity index (χ1v) is 4.48. The number of aromatic hydroxyl groups is 1. The predicted molar refractivity (Wildman–Crippen MR) is 56.9 cm³/mol. The minimum atomic E-state index is 0.305. The van der Waals surface area contributed by atoms with E-state index in [9.17, 15) is 5.11 Å². The summed E-state index contributed by atoms with van der Waals surface area (Å²) < 4.78 is 5.23. The van der Waals surface area contributed by atoms with E-state index in [-0.39, 0.29) is 0 Å². The second-order valence-corrected chi connectivity index (χ2v) is 3.34. The molecule has 2 aromatic carbocycles. The molecule has 14 heavy (non-hydrogen) atoms. The van der Waals surface area contributed by atoms with Gasteiger partial charge in [0.2, 0.25) is 0 Å². The molecule has 0 aliphatic carbocycles. The van der Waals surface area contributed by atoms with Gasteiger partial charge >= 0.3 is 0 Å². The molecule has 0 aromatic heterocycles. The molecular weight excluding hydrogens is 176 g/mol. The quantitative estimate of drug-likeness (QED) is 0.745. The molecule has 0 aliphatic rings. The van der Waals surface area contributed by atoms with Gasteiger partial charge in [-0.05, 0) is 30.7 Å². The number of hydrogen-bond acceptors (Lipinski definition) is 2. The zero-order valence-corrected chi connectivity index (χ0v) is 8.24. The summed E-state index contributed by atoms with van der Waals surface area (Å²) in [6.07, 6.45) is 0. The number of rotatable bonds is 1. The largest absolute Gasteiger partial charge is 0.507 e. The van der Waals surface area contributed by atoms with Gasteiger partial charge in [0.15, 0.2) is 0 Å². The maximum Gasteiger partial charge on any atom is 0.126 e. The molecular formula is C12H12O2. The Kier molecular flexibility index (Phi) is 2.04. The maximum atomic E-state index is 9.72. The Bertz CT molecular complexity index is 475. The van der Waals surface area contributed by atoms with Crippen LogP contribution in [0.5, 0.6) is 11.5 Å². The molecule has 0 saturated carbocycles. The first kappa shape index (κ1) is 8.88. The Morgan fingerprint density at radius 3 is 2.64 bits per heavy atom. The molecule has 0 unspecified atom stereocenters. The van der Waals surface area contributed by atoms with Gasteiger partial charge in [0.1, 0.15) is 11.5 Å². The molecule has 1 N–H and O–H groups in total. The summed E-state index contributed by atoms with van der Waals surface area (Å²) in [4.78, 5) is 0. The zero-order valence-electron chi connectivity index (χ0n) is 8.24. The first-order chi connectivity index (χ1) is 6.72. The van der Waals surface area contributed by atoms with Crippen LogP contribution in [0.2, 0.25) is 0 Å². The molecule has 0 bridgehead atoms. The SMILES string of the molecule is COc1cccc2c(O)cc(C)cc12. The molecule has 2 rings (SSSR count). The van der Waals surface area contributed by atoms with Crippen LogP contribution in [0.3, 0.4) is 0 Å². The fraction of sp³-hybridized carbons (Fsp3) is 0.167. The third-order valence-corrected chi connectivity index (χ3v) is 2.30. The van der Waals surface area contributed by atoms with E-state index < -0.39 is 0 Å². The molecule has 0 heterocycles. The summed E-state index contributed by atoms with van der Waals surface area (Å²) in [6, 6.07) is 9.40. The molecule has 2 aromatic rings. The first-order valence-electron chi connectivity index (χ1n) is 4.48. The summed E-state index contributed by atoms with van der Waals surface area (Å²) in [5, 5.41) is 11.5. The second kappa shape index (κ2) is 3.22. The van der Waals surface area contributed by atoms with Crippen molar-refractivity contribution in [3.8, 4) is 11.5 Å². The Hall–Kier alpha value is -1.70. The fourth-order valence-corrected chi connectivity index (χ4v) is 1.66. The minimum Gasteiger partial charge on any atom is -0.507 e. The van der Waals surface area contributed by atoms with Crippen LogP contribution >= 0.6 is 0 Å². The standard InChI is InChI=1S/C12H12O2/c1-8-6-10-9(11(13)7-8)4-3-5-12(10)14-2/h3-7,13H,1-2H3. The third-order valence-electron chi connectivity index (χ3n) is 2.30. The molecule has 0 radical (unpaired) electrons. The summed E-state index contributed by atoms with van der Waals surface area (Å²) in [6.45, 7) is 1.95. The van der Waals surface area contributed by atoms with Crippen LogP contribution in [0.4, 0.5) is 0 Å². The number of phenolic OH excluding ortho intramolecular Hbond substituents is 1. The van der Waals surface area contributed by atoms with Crippen molar-refractivity contribution in [3.63, 3.8) is 0 Å². The van der Waals surface area contributed by atoms with Crippen LogP contribution in [-0.4, -0.2) is 12.2 Å². The van der Waals surface area contributed by atoms with Crippen LogP contribution < -0.4 is 4.74 Å². The molecule has 0 atom stereocenters. The number of fused-ring (bicyclic) bond motifs is 1. The summed E-state index contributed by atoms with van der Waals surface area (Å²) in [7, 11) is 1.63. The number of ether oxygens (including phenoxy) is 1.